The van der Waals surface area contributed by atoms with Crippen LogP contribution in [0.2, 0.25) is 0 Å². The summed E-state index contributed by atoms with van der Waals surface area (Å²) in [6, 6.07) is 2.88. The van der Waals surface area contributed by atoms with E-state index in [1.807, 2.05) is 6.92 Å². The molecule has 6 nitrogen and oxygen atoms in total. The molecule has 0 atom stereocenters. The molecule has 7 heteroatoms. The third-order valence-corrected chi connectivity index (χ3v) is 4.08. The van der Waals surface area contributed by atoms with Crippen LogP contribution in [0.3, 0.4) is 0 Å². The van der Waals surface area contributed by atoms with Crippen LogP contribution in [0.1, 0.15) is 18.1 Å². The van der Waals surface area contributed by atoms with E-state index in [-0.39, 0.29) is 11.5 Å². The average Bonchev–Trinajstić information content (AvgIpc) is 2.33. The van der Waals surface area contributed by atoms with Crippen molar-refractivity contribution in [1.82, 2.24) is 4.72 Å². The van der Waals surface area contributed by atoms with E-state index in [1.54, 1.807) is 13.8 Å². The first-order valence-electron chi connectivity index (χ1n) is 5.80. The SMILES string of the molecule is CCOC(=O)CNS(=O)(=O)c1cc(C)c(C)c(N)c1. The van der Waals surface area contributed by atoms with Gasteiger partial charge >= 0.3 is 5.97 Å². The number of ether oxygens (including phenoxy) is 1. The number of rotatable bonds is 5. The number of nitrogens with one attached hydrogen (secondary N) is 1. The van der Waals surface area contributed by atoms with Gasteiger partial charge in [-0.15, -0.1) is 0 Å². The van der Waals surface area contributed by atoms with Crippen LogP contribution < -0.4 is 10.5 Å². The van der Waals surface area contributed by atoms with Crippen molar-refractivity contribution in [2.24, 2.45) is 0 Å². The molecule has 0 aromatic heterocycles. The van der Waals surface area contributed by atoms with Gasteiger partial charge in [-0.3, -0.25) is 4.79 Å². The fourth-order valence-electron chi connectivity index (χ4n) is 1.46. The zero-order valence-corrected chi connectivity index (χ0v) is 12.0. The van der Waals surface area contributed by atoms with Crippen molar-refractivity contribution in [2.45, 2.75) is 25.7 Å². The maximum absolute atomic E-state index is 12.0. The van der Waals surface area contributed by atoms with Crippen molar-refractivity contribution in [1.29, 1.82) is 0 Å². The highest BCUT2D eigenvalue weighted by Gasteiger charge is 2.17. The molecule has 0 aliphatic carbocycles. The highest BCUT2D eigenvalue weighted by atomic mass is 32.2. The Kier molecular flexibility index (Phi) is 4.90. The van der Waals surface area contributed by atoms with Gasteiger partial charge in [0.1, 0.15) is 6.54 Å². The Morgan fingerprint density at radius 3 is 2.53 bits per heavy atom. The number of carbonyl (C=O) groups excluding carboxylic acids is 1. The van der Waals surface area contributed by atoms with Crippen LogP contribution >= 0.6 is 0 Å². The van der Waals surface area contributed by atoms with Crippen LogP contribution in [0.5, 0.6) is 0 Å². The topological polar surface area (TPSA) is 98.5 Å². The first kappa shape index (κ1) is 15.5. The maximum Gasteiger partial charge on any atom is 0.321 e. The van der Waals surface area contributed by atoms with Crippen molar-refractivity contribution in [3.8, 4) is 0 Å². The lowest BCUT2D eigenvalue weighted by Crippen LogP contribution is -2.30. The predicted octanol–water partition coefficient (Wildman–Crippen LogP) is 0.727. The van der Waals surface area contributed by atoms with E-state index in [4.69, 9.17) is 5.73 Å². The Morgan fingerprint density at radius 1 is 1.37 bits per heavy atom. The molecule has 106 valence electrons. The van der Waals surface area contributed by atoms with Crippen LogP contribution in [-0.2, 0) is 19.6 Å². The Morgan fingerprint density at radius 2 is 2.00 bits per heavy atom. The van der Waals surface area contributed by atoms with E-state index in [1.165, 1.54) is 12.1 Å². The molecule has 0 aliphatic heterocycles. The molecule has 19 heavy (non-hydrogen) atoms. The average molecular weight is 286 g/mol. The summed E-state index contributed by atoms with van der Waals surface area (Å²) < 4.78 is 30.8. The zero-order valence-electron chi connectivity index (χ0n) is 11.2. The standard InChI is InChI=1S/C12H18N2O4S/c1-4-18-12(15)7-14-19(16,17)10-5-8(2)9(3)11(13)6-10/h5-6,14H,4,7,13H2,1-3H3. The normalized spacial score (nSPS) is 11.3. The molecular formula is C12H18N2O4S. The van der Waals surface area contributed by atoms with E-state index in [9.17, 15) is 13.2 Å². The number of nitrogen functional groups attached to an aromatic ring is 1. The molecule has 0 radical (unpaired) electrons. The summed E-state index contributed by atoms with van der Waals surface area (Å²) in [5.41, 5.74) is 7.75. The third kappa shape index (κ3) is 3.93. The minimum absolute atomic E-state index is 0.0393. The van der Waals surface area contributed by atoms with Crippen LogP contribution in [0.4, 0.5) is 5.69 Å². The number of carbonyl (C=O) groups is 1. The maximum atomic E-state index is 12.0. The van der Waals surface area contributed by atoms with Gasteiger partial charge in [0, 0.05) is 5.69 Å². The molecular weight excluding hydrogens is 268 g/mol. The van der Waals surface area contributed by atoms with E-state index < -0.39 is 22.5 Å². The molecule has 1 aromatic carbocycles. The predicted molar refractivity (Wildman–Crippen MR) is 72.1 cm³/mol. The number of aryl methyl sites for hydroxylation is 1. The Hall–Kier alpha value is -1.60. The fourth-order valence-corrected chi connectivity index (χ4v) is 2.55. The van der Waals surface area contributed by atoms with E-state index in [0.717, 1.165) is 11.1 Å². The molecule has 0 spiro atoms. The van der Waals surface area contributed by atoms with Crippen molar-refractivity contribution in [3.05, 3.63) is 23.3 Å². The number of sulfonamides is 1. The second kappa shape index (κ2) is 6.03. The van der Waals surface area contributed by atoms with Crippen LogP contribution in [0.15, 0.2) is 17.0 Å². The lowest BCUT2D eigenvalue weighted by molar-refractivity contribution is -0.141. The second-order valence-electron chi connectivity index (χ2n) is 4.08. The van der Waals surface area contributed by atoms with E-state index in [2.05, 4.69) is 9.46 Å². The third-order valence-electron chi connectivity index (χ3n) is 2.70. The molecule has 0 heterocycles. The number of nitrogens with two attached hydrogens (primary N) is 1. The summed E-state index contributed by atoms with van der Waals surface area (Å²) in [6.07, 6.45) is 0. The van der Waals surface area contributed by atoms with Crippen LogP contribution in [0, 0.1) is 13.8 Å². The van der Waals surface area contributed by atoms with Gasteiger partial charge in [-0.05, 0) is 44.0 Å². The largest absolute Gasteiger partial charge is 0.465 e. The first-order chi connectivity index (χ1) is 8.77. The number of hydrogen-bond donors (Lipinski definition) is 2. The summed E-state index contributed by atoms with van der Waals surface area (Å²) in [5, 5.41) is 0. The fraction of sp³-hybridized carbons (Fsp3) is 0.417. The minimum Gasteiger partial charge on any atom is -0.465 e. The van der Waals surface area contributed by atoms with Gasteiger partial charge in [0.25, 0.3) is 0 Å². The van der Waals surface area contributed by atoms with Gasteiger partial charge in [0.2, 0.25) is 10.0 Å². The Labute approximate surface area is 113 Å². The molecule has 0 unspecified atom stereocenters. The first-order valence-corrected chi connectivity index (χ1v) is 7.28. The summed E-state index contributed by atoms with van der Waals surface area (Å²) >= 11 is 0. The van der Waals surface area contributed by atoms with Gasteiger partial charge < -0.3 is 10.5 Å². The number of anilines is 1. The highest BCUT2D eigenvalue weighted by molar-refractivity contribution is 7.89. The number of benzene rings is 1. The van der Waals surface area contributed by atoms with Gasteiger partial charge in [0.05, 0.1) is 11.5 Å². The molecule has 1 rings (SSSR count). The van der Waals surface area contributed by atoms with Crippen LogP contribution in [-0.4, -0.2) is 27.5 Å². The summed E-state index contributed by atoms with van der Waals surface area (Å²) in [4.78, 5) is 11.2. The summed E-state index contributed by atoms with van der Waals surface area (Å²) in [7, 11) is -3.77. The summed E-state index contributed by atoms with van der Waals surface area (Å²) in [6.45, 7) is 5.04. The van der Waals surface area contributed by atoms with Crippen LogP contribution in [0.25, 0.3) is 0 Å². The van der Waals surface area contributed by atoms with Crippen molar-refractivity contribution in [3.63, 3.8) is 0 Å². The minimum atomic E-state index is -3.77. The molecule has 1 aromatic rings. The molecule has 0 amide bonds. The smallest absolute Gasteiger partial charge is 0.321 e. The quantitative estimate of drug-likeness (QED) is 0.614. The van der Waals surface area contributed by atoms with Gasteiger partial charge in [0.15, 0.2) is 0 Å². The van der Waals surface area contributed by atoms with E-state index >= 15 is 0 Å². The van der Waals surface area contributed by atoms with Gasteiger partial charge in [-0.2, -0.15) is 4.72 Å². The number of esters is 1. The van der Waals surface area contributed by atoms with E-state index in [0.29, 0.717) is 5.69 Å². The Bertz CT molecular complexity index is 558. The summed E-state index contributed by atoms with van der Waals surface area (Å²) in [5.74, 6) is -0.622. The molecule has 0 aliphatic rings. The lowest BCUT2D eigenvalue weighted by Gasteiger charge is -2.10. The van der Waals surface area contributed by atoms with Crippen molar-refractivity contribution < 1.29 is 17.9 Å². The molecule has 0 bridgehead atoms. The van der Waals surface area contributed by atoms with Gasteiger partial charge in [-0.1, -0.05) is 0 Å². The monoisotopic (exact) mass is 286 g/mol. The zero-order chi connectivity index (χ0) is 14.6. The second-order valence-corrected chi connectivity index (χ2v) is 5.85. The molecule has 0 saturated heterocycles. The molecule has 0 fully saturated rings. The van der Waals surface area contributed by atoms with Crippen molar-refractivity contribution in [2.75, 3.05) is 18.9 Å². The number of hydrogen-bond acceptors (Lipinski definition) is 5. The molecule has 0 saturated carbocycles. The Balaban J connectivity index is 2.92. The highest BCUT2D eigenvalue weighted by Crippen LogP contribution is 2.21. The van der Waals surface area contributed by atoms with Gasteiger partial charge in [-0.25, -0.2) is 8.42 Å². The van der Waals surface area contributed by atoms with Crippen molar-refractivity contribution >= 4 is 21.7 Å². The molecule has 3 N–H and O–H groups in total. The lowest BCUT2D eigenvalue weighted by atomic mass is 10.1.